The molecule has 0 spiro atoms. The van der Waals surface area contributed by atoms with Crippen LogP contribution in [0, 0.1) is 5.82 Å². The molecular formula is C17H18ClFO. The lowest BCUT2D eigenvalue weighted by atomic mass is 9.77. The van der Waals surface area contributed by atoms with Crippen LogP contribution >= 0.6 is 11.6 Å². The first-order valence-corrected chi connectivity index (χ1v) is 6.96. The van der Waals surface area contributed by atoms with E-state index in [1.807, 2.05) is 44.2 Å². The summed E-state index contributed by atoms with van der Waals surface area (Å²) < 4.78 is 13.1. The van der Waals surface area contributed by atoms with Crippen molar-refractivity contribution in [2.75, 3.05) is 0 Å². The average Bonchev–Trinajstić information content (AvgIpc) is 2.44. The molecule has 1 nitrogen and oxygen atoms in total. The highest BCUT2D eigenvalue weighted by atomic mass is 35.5. The van der Waals surface area contributed by atoms with Crippen LogP contribution in [0.3, 0.4) is 0 Å². The van der Waals surface area contributed by atoms with E-state index in [0.717, 1.165) is 11.1 Å². The van der Waals surface area contributed by atoms with E-state index in [1.54, 1.807) is 12.1 Å². The van der Waals surface area contributed by atoms with Gasteiger partial charge in [0, 0.05) is 5.41 Å². The van der Waals surface area contributed by atoms with Crippen LogP contribution in [0.25, 0.3) is 0 Å². The van der Waals surface area contributed by atoms with E-state index < -0.39 is 11.9 Å². The van der Waals surface area contributed by atoms with E-state index in [-0.39, 0.29) is 10.4 Å². The molecule has 2 aromatic carbocycles. The number of hydrogen-bond acceptors (Lipinski definition) is 1. The van der Waals surface area contributed by atoms with Gasteiger partial charge in [-0.2, -0.15) is 0 Å². The maximum atomic E-state index is 13.1. The van der Waals surface area contributed by atoms with E-state index in [2.05, 4.69) is 0 Å². The van der Waals surface area contributed by atoms with Crippen molar-refractivity contribution in [3.05, 3.63) is 70.5 Å². The lowest BCUT2D eigenvalue weighted by Crippen LogP contribution is -2.35. The monoisotopic (exact) mass is 292 g/mol. The molecule has 0 amide bonds. The van der Waals surface area contributed by atoms with Gasteiger partial charge in [0.2, 0.25) is 0 Å². The standard InChI is InChI=1S/C17H18ClFO/c1-17(2,13-6-4-3-5-7-13)16(20)11-12-8-9-15(19)14(18)10-12/h3-10,16,20H,11H2,1-2H3. The Morgan fingerprint density at radius 3 is 2.40 bits per heavy atom. The van der Waals surface area contributed by atoms with Crippen molar-refractivity contribution in [1.82, 2.24) is 0 Å². The summed E-state index contributed by atoms with van der Waals surface area (Å²) in [5.74, 6) is -0.438. The Morgan fingerprint density at radius 1 is 1.15 bits per heavy atom. The predicted molar refractivity (Wildman–Crippen MR) is 80.6 cm³/mol. The summed E-state index contributed by atoms with van der Waals surface area (Å²) in [6.45, 7) is 4.00. The zero-order chi connectivity index (χ0) is 14.8. The maximum absolute atomic E-state index is 13.1. The van der Waals surface area contributed by atoms with Gasteiger partial charge in [0.15, 0.2) is 0 Å². The summed E-state index contributed by atoms with van der Waals surface area (Å²) in [5, 5.41) is 10.6. The van der Waals surface area contributed by atoms with Crippen LogP contribution in [0.4, 0.5) is 4.39 Å². The normalized spacial score (nSPS) is 13.2. The summed E-state index contributed by atoms with van der Waals surface area (Å²) in [4.78, 5) is 0. The van der Waals surface area contributed by atoms with Crippen LogP contribution in [-0.2, 0) is 11.8 Å². The Morgan fingerprint density at radius 2 is 1.80 bits per heavy atom. The van der Waals surface area contributed by atoms with Crippen molar-refractivity contribution in [3.63, 3.8) is 0 Å². The lowest BCUT2D eigenvalue weighted by molar-refractivity contribution is 0.1000. The van der Waals surface area contributed by atoms with Crippen molar-refractivity contribution in [2.45, 2.75) is 31.8 Å². The Bertz CT molecular complexity index is 581. The van der Waals surface area contributed by atoms with Gasteiger partial charge in [-0.15, -0.1) is 0 Å². The molecule has 0 aliphatic rings. The molecule has 2 rings (SSSR count). The molecule has 0 heterocycles. The Labute approximate surface area is 124 Å². The van der Waals surface area contributed by atoms with Gasteiger partial charge < -0.3 is 5.11 Å². The number of hydrogen-bond donors (Lipinski definition) is 1. The number of benzene rings is 2. The lowest BCUT2D eigenvalue weighted by Gasteiger charge is -2.31. The summed E-state index contributed by atoms with van der Waals surface area (Å²) in [6.07, 6.45) is -0.145. The predicted octanol–water partition coefficient (Wildman–Crippen LogP) is 4.36. The van der Waals surface area contributed by atoms with Crippen LogP contribution in [0.2, 0.25) is 5.02 Å². The molecule has 0 aliphatic heterocycles. The summed E-state index contributed by atoms with van der Waals surface area (Å²) in [7, 11) is 0. The van der Waals surface area contributed by atoms with Crippen molar-refractivity contribution >= 4 is 11.6 Å². The minimum Gasteiger partial charge on any atom is -0.392 e. The van der Waals surface area contributed by atoms with Gasteiger partial charge in [0.25, 0.3) is 0 Å². The van der Waals surface area contributed by atoms with Crippen molar-refractivity contribution in [1.29, 1.82) is 0 Å². The molecule has 1 atom stereocenters. The summed E-state index contributed by atoms with van der Waals surface area (Å²) in [5.41, 5.74) is 1.51. The molecule has 1 unspecified atom stereocenters. The third kappa shape index (κ3) is 3.20. The Balaban J connectivity index is 2.18. The van der Waals surface area contributed by atoms with E-state index >= 15 is 0 Å². The van der Waals surface area contributed by atoms with Crippen LogP contribution in [0.1, 0.15) is 25.0 Å². The maximum Gasteiger partial charge on any atom is 0.141 e. The second-order valence-corrected chi connectivity index (χ2v) is 5.96. The molecule has 0 aromatic heterocycles. The second-order valence-electron chi connectivity index (χ2n) is 5.56. The van der Waals surface area contributed by atoms with Crippen molar-refractivity contribution in [2.24, 2.45) is 0 Å². The first-order valence-electron chi connectivity index (χ1n) is 6.59. The third-order valence-corrected chi connectivity index (χ3v) is 4.05. The topological polar surface area (TPSA) is 20.2 Å². The molecule has 0 radical (unpaired) electrons. The number of rotatable bonds is 4. The molecule has 1 N–H and O–H groups in total. The largest absolute Gasteiger partial charge is 0.392 e. The number of aliphatic hydroxyl groups excluding tert-OH is 1. The van der Waals surface area contributed by atoms with E-state index in [1.165, 1.54) is 6.07 Å². The Hall–Kier alpha value is -1.38. The molecule has 0 fully saturated rings. The van der Waals surface area contributed by atoms with Gasteiger partial charge in [-0.3, -0.25) is 0 Å². The first-order chi connectivity index (χ1) is 9.41. The van der Waals surface area contributed by atoms with E-state index in [4.69, 9.17) is 11.6 Å². The van der Waals surface area contributed by atoms with Crippen LogP contribution < -0.4 is 0 Å². The number of halogens is 2. The highest BCUT2D eigenvalue weighted by Crippen LogP contribution is 2.29. The zero-order valence-electron chi connectivity index (χ0n) is 11.6. The molecular weight excluding hydrogens is 275 g/mol. The zero-order valence-corrected chi connectivity index (χ0v) is 12.4. The minimum absolute atomic E-state index is 0.0900. The van der Waals surface area contributed by atoms with Gasteiger partial charge in [0.1, 0.15) is 5.82 Å². The minimum atomic E-state index is -0.577. The second kappa shape index (κ2) is 5.94. The SMILES string of the molecule is CC(C)(c1ccccc1)C(O)Cc1ccc(F)c(Cl)c1. The molecule has 106 valence electrons. The molecule has 0 saturated carbocycles. The molecule has 2 aromatic rings. The van der Waals surface area contributed by atoms with Gasteiger partial charge in [0.05, 0.1) is 11.1 Å². The smallest absolute Gasteiger partial charge is 0.141 e. The van der Waals surface area contributed by atoms with Crippen LogP contribution in [-0.4, -0.2) is 11.2 Å². The first kappa shape index (κ1) is 15.0. The number of aliphatic hydroxyl groups is 1. The molecule has 0 bridgehead atoms. The van der Waals surface area contributed by atoms with Gasteiger partial charge in [-0.05, 0) is 29.7 Å². The van der Waals surface area contributed by atoms with Crippen LogP contribution in [0.5, 0.6) is 0 Å². The summed E-state index contributed by atoms with van der Waals surface area (Å²) >= 11 is 5.77. The third-order valence-electron chi connectivity index (χ3n) is 3.76. The van der Waals surface area contributed by atoms with Gasteiger partial charge in [-0.1, -0.05) is 61.8 Å². The molecule has 0 aliphatic carbocycles. The highest BCUT2D eigenvalue weighted by molar-refractivity contribution is 6.30. The fraction of sp³-hybridized carbons (Fsp3) is 0.294. The molecule has 20 heavy (non-hydrogen) atoms. The molecule has 0 saturated heterocycles. The molecule has 3 heteroatoms. The quantitative estimate of drug-likeness (QED) is 0.888. The van der Waals surface area contributed by atoms with Crippen molar-refractivity contribution < 1.29 is 9.50 Å². The van der Waals surface area contributed by atoms with E-state index in [9.17, 15) is 9.50 Å². The van der Waals surface area contributed by atoms with Crippen molar-refractivity contribution in [3.8, 4) is 0 Å². The van der Waals surface area contributed by atoms with E-state index in [0.29, 0.717) is 6.42 Å². The highest BCUT2D eigenvalue weighted by Gasteiger charge is 2.29. The van der Waals surface area contributed by atoms with Gasteiger partial charge >= 0.3 is 0 Å². The van der Waals surface area contributed by atoms with Crippen LogP contribution in [0.15, 0.2) is 48.5 Å². The fourth-order valence-electron chi connectivity index (χ4n) is 2.21. The van der Waals surface area contributed by atoms with Gasteiger partial charge in [-0.25, -0.2) is 4.39 Å². The summed E-state index contributed by atoms with van der Waals surface area (Å²) in [6, 6.07) is 14.4. The fourth-order valence-corrected chi connectivity index (χ4v) is 2.41. The Kier molecular flexibility index (Phi) is 4.46. The average molecular weight is 293 g/mol.